The summed E-state index contributed by atoms with van der Waals surface area (Å²) in [7, 11) is 1.63. The molecule has 0 heterocycles. The first kappa shape index (κ1) is 17.7. The summed E-state index contributed by atoms with van der Waals surface area (Å²) >= 11 is 0. The summed E-state index contributed by atoms with van der Waals surface area (Å²) in [6, 6.07) is 25.8. The summed E-state index contributed by atoms with van der Waals surface area (Å²) < 4.78 is 5.27. The summed E-state index contributed by atoms with van der Waals surface area (Å²) in [5.74, 6) is 0.827. The Hall–Kier alpha value is -3.07. The van der Waals surface area contributed by atoms with Crippen LogP contribution in [0.2, 0.25) is 0 Å². The summed E-state index contributed by atoms with van der Waals surface area (Å²) in [5.41, 5.74) is 4.10. The van der Waals surface area contributed by atoms with Gasteiger partial charge in [-0.2, -0.15) is 0 Å². The average Bonchev–Trinajstić information content (AvgIpc) is 2.67. The van der Waals surface area contributed by atoms with Gasteiger partial charge < -0.3 is 9.64 Å². The van der Waals surface area contributed by atoms with Crippen molar-refractivity contribution in [3.05, 3.63) is 95.6 Å². The molecule has 0 spiro atoms. The van der Waals surface area contributed by atoms with E-state index in [1.54, 1.807) is 7.11 Å². The van der Waals surface area contributed by atoms with Crippen LogP contribution in [0.5, 0.6) is 5.75 Å². The third-order valence-electron chi connectivity index (χ3n) is 4.29. The van der Waals surface area contributed by atoms with Gasteiger partial charge in [-0.3, -0.25) is 4.79 Å². The molecule has 0 saturated heterocycles. The Balaban J connectivity index is 1.87. The van der Waals surface area contributed by atoms with Crippen molar-refractivity contribution in [2.75, 3.05) is 12.0 Å². The number of hydrogen-bond donors (Lipinski definition) is 0. The van der Waals surface area contributed by atoms with Crippen LogP contribution in [0.25, 0.3) is 0 Å². The van der Waals surface area contributed by atoms with Crippen molar-refractivity contribution in [3.8, 4) is 5.75 Å². The lowest BCUT2D eigenvalue weighted by molar-refractivity contribution is -0.118. The first-order chi connectivity index (χ1) is 12.7. The molecule has 3 nitrogen and oxygen atoms in total. The monoisotopic (exact) mass is 345 g/mol. The van der Waals surface area contributed by atoms with E-state index in [1.807, 2.05) is 90.7 Å². The van der Waals surface area contributed by atoms with Gasteiger partial charge in [0.15, 0.2) is 0 Å². The van der Waals surface area contributed by atoms with Crippen molar-refractivity contribution in [1.29, 1.82) is 0 Å². The quantitative estimate of drug-likeness (QED) is 0.643. The van der Waals surface area contributed by atoms with Gasteiger partial charge in [0.1, 0.15) is 5.75 Å². The highest BCUT2D eigenvalue weighted by molar-refractivity contribution is 5.94. The normalized spacial score (nSPS) is 10.4. The minimum atomic E-state index is 0.0627. The van der Waals surface area contributed by atoms with E-state index in [4.69, 9.17) is 4.74 Å². The maximum Gasteiger partial charge on any atom is 0.231 e. The zero-order valence-corrected chi connectivity index (χ0v) is 15.2. The second-order valence-corrected chi connectivity index (χ2v) is 6.33. The van der Waals surface area contributed by atoms with Gasteiger partial charge in [-0.05, 0) is 47.9 Å². The molecule has 0 N–H and O–H groups in total. The topological polar surface area (TPSA) is 29.5 Å². The number of rotatable bonds is 6. The summed E-state index contributed by atoms with van der Waals surface area (Å²) in [6.45, 7) is 2.59. The first-order valence-electron chi connectivity index (χ1n) is 8.69. The number of carbonyl (C=O) groups excluding carboxylic acids is 1. The standard InChI is InChI=1S/C23H23NO2/c1-18-8-6-12-21(14-18)24(17-19-9-4-3-5-10-19)23(25)16-20-11-7-13-22(15-20)26-2/h3-15H,16-17H2,1-2H3. The van der Waals surface area contributed by atoms with E-state index in [-0.39, 0.29) is 5.91 Å². The van der Waals surface area contributed by atoms with E-state index >= 15 is 0 Å². The van der Waals surface area contributed by atoms with Crippen molar-refractivity contribution >= 4 is 11.6 Å². The first-order valence-corrected chi connectivity index (χ1v) is 8.69. The fourth-order valence-corrected chi connectivity index (χ4v) is 2.94. The molecule has 0 aliphatic heterocycles. The second kappa shape index (κ2) is 8.34. The number of carbonyl (C=O) groups is 1. The van der Waals surface area contributed by atoms with Crippen LogP contribution in [0.3, 0.4) is 0 Å². The molecule has 0 aromatic heterocycles. The van der Waals surface area contributed by atoms with Crippen molar-refractivity contribution in [1.82, 2.24) is 0 Å². The van der Waals surface area contributed by atoms with Crippen LogP contribution in [0, 0.1) is 6.92 Å². The predicted octanol–water partition coefficient (Wildman–Crippen LogP) is 4.78. The molecule has 0 bridgehead atoms. The van der Waals surface area contributed by atoms with Gasteiger partial charge in [0.2, 0.25) is 5.91 Å². The molecule has 3 aromatic rings. The highest BCUT2D eigenvalue weighted by Gasteiger charge is 2.17. The molecule has 132 valence electrons. The third-order valence-corrected chi connectivity index (χ3v) is 4.29. The van der Waals surface area contributed by atoms with Crippen LogP contribution in [0.15, 0.2) is 78.9 Å². The third kappa shape index (κ3) is 4.51. The Morgan fingerprint density at radius 3 is 2.35 bits per heavy atom. The SMILES string of the molecule is COc1cccc(CC(=O)N(Cc2ccccc2)c2cccc(C)c2)c1. The number of amides is 1. The fraction of sp³-hybridized carbons (Fsp3) is 0.174. The van der Waals surface area contributed by atoms with E-state index in [1.165, 1.54) is 0 Å². The van der Waals surface area contributed by atoms with Gasteiger partial charge in [-0.25, -0.2) is 0 Å². The molecular formula is C23H23NO2. The van der Waals surface area contributed by atoms with Crippen LogP contribution in [0.1, 0.15) is 16.7 Å². The maximum atomic E-state index is 13.1. The van der Waals surface area contributed by atoms with Gasteiger partial charge in [-0.1, -0.05) is 54.6 Å². The Kier molecular flexibility index (Phi) is 5.69. The minimum absolute atomic E-state index is 0.0627. The summed E-state index contributed by atoms with van der Waals surface area (Å²) in [5, 5.41) is 0. The van der Waals surface area contributed by atoms with Crippen LogP contribution in [0.4, 0.5) is 5.69 Å². The molecule has 0 aliphatic rings. The molecule has 3 heteroatoms. The molecule has 0 atom stereocenters. The average molecular weight is 345 g/mol. The van der Waals surface area contributed by atoms with E-state index in [9.17, 15) is 4.79 Å². The lowest BCUT2D eigenvalue weighted by Gasteiger charge is -2.24. The molecule has 3 rings (SSSR count). The van der Waals surface area contributed by atoms with E-state index in [0.29, 0.717) is 13.0 Å². The number of benzene rings is 3. The van der Waals surface area contributed by atoms with Crippen molar-refractivity contribution < 1.29 is 9.53 Å². The zero-order chi connectivity index (χ0) is 18.4. The number of methoxy groups -OCH3 is 1. The minimum Gasteiger partial charge on any atom is -0.497 e. The smallest absolute Gasteiger partial charge is 0.231 e. The van der Waals surface area contributed by atoms with E-state index in [2.05, 4.69) is 0 Å². The van der Waals surface area contributed by atoms with Crippen molar-refractivity contribution in [2.45, 2.75) is 19.9 Å². The molecule has 0 unspecified atom stereocenters. The highest BCUT2D eigenvalue weighted by atomic mass is 16.5. The van der Waals surface area contributed by atoms with Crippen LogP contribution >= 0.6 is 0 Å². The van der Waals surface area contributed by atoms with Gasteiger partial charge in [0, 0.05) is 5.69 Å². The Morgan fingerprint density at radius 1 is 0.885 bits per heavy atom. The predicted molar refractivity (Wildman–Crippen MR) is 106 cm³/mol. The molecule has 3 aromatic carbocycles. The molecule has 0 fully saturated rings. The number of hydrogen-bond acceptors (Lipinski definition) is 2. The molecule has 0 aliphatic carbocycles. The lowest BCUT2D eigenvalue weighted by Crippen LogP contribution is -2.31. The van der Waals surface area contributed by atoms with Crippen LogP contribution in [-0.4, -0.2) is 13.0 Å². The molecule has 0 saturated carbocycles. The number of ether oxygens (including phenoxy) is 1. The van der Waals surface area contributed by atoms with E-state index in [0.717, 1.165) is 28.1 Å². The van der Waals surface area contributed by atoms with Gasteiger partial charge >= 0.3 is 0 Å². The molecule has 0 radical (unpaired) electrons. The maximum absolute atomic E-state index is 13.1. The Morgan fingerprint density at radius 2 is 1.62 bits per heavy atom. The number of nitrogens with zero attached hydrogens (tertiary/aromatic N) is 1. The number of anilines is 1. The van der Waals surface area contributed by atoms with Crippen LogP contribution in [-0.2, 0) is 17.8 Å². The molecule has 26 heavy (non-hydrogen) atoms. The van der Waals surface area contributed by atoms with Gasteiger partial charge in [-0.15, -0.1) is 0 Å². The van der Waals surface area contributed by atoms with Gasteiger partial charge in [0.05, 0.1) is 20.1 Å². The second-order valence-electron chi connectivity index (χ2n) is 6.33. The lowest BCUT2D eigenvalue weighted by atomic mass is 10.1. The fourth-order valence-electron chi connectivity index (χ4n) is 2.94. The zero-order valence-electron chi connectivity index (χ0n) is 15.2. The number of aryl methyl sites for hydroxylation is 1. The molecular weight excluding hydrogens is 322 g/mol. The highest BCUT2D eigenvalue weighted by Crippen LogP contribution is 2.21. The summed E-state index contributed by atoms with van der Waals surface area (Å²) in [4.78, 5) is 15.0. The largest absolute Gasteiger partial charge is 0.497 e. The Labute approximate surface area is 154 Å². The van der Waals surface area contributed by atoms with Crippen molar-refractivity contribution in [2.24, 2.45) is 0 Å². The van der Waals surface area contributed by atoms with E-state index < -0.39 is 0 Å². The summed E-state index contributed by atoms with van der Waals surface area (Å²) in [6.07, 6.45) is 0.331. The van der Waals surface area contributed by atoms with Gasteiger partial charge in [0.25, 0.3) is 0 Å². The van der Waals surface area contributed by atoms with Crippen molar-refractivity contribution in [3.63, 3.8) is 0 Å². The Bertz CT molecular complexity index is 874. The molecule has 1 amide bonds. The van der Waals surface area contributed by atoms with Crippen LogP contribution < -0.4 is 9.64 Å².